The zero-order valence-electron chi connectivity index (χ0n) is 13.9. The van der Waals surface area contributed by atoms with Crippen LogP contribution in [0.3, 0.4) is 0 Å². The second-order valence-electron chi connectivity index (χ2n) is 6.68. The maximum absolute atomic E-state index is 12.2. The first-order valence-electron chi connectivity index (χ1n) is 8.51. The Morgan fingerprint density at radius 1 is 1.25 bits per heavy atom. The largest absolute Gasteiger partial charge is 0.352 e. The Morgan fingerprint density at radius 3 is 2.62 bits per heavy atom. The molecule has 6 heteroatoms. The first-order chi connectivity index (χ1) is 11.1. The highest BCUT2D eigenvalue weighted by Gasteiger charge is 2.27. The van der Waals surface area contributed by atoms with E-state index in [4.69, 9.17) is 5.73 Å². The van der Waals surface area contributed by atoms with Crippen LogP contribution in [0.4, 0.5) is 0 Å². The van der Waals surface area contributed by atoms with Crippen molar-refractivity contribution in [3.8, 4) is 0 Å². The minimum Gasteiger partial charge on any atom is -0.352 e. The van der Waals surface area contributed by atoms with Crippen molar-refractivity contribution in [2.24, 2.45) is 11.7 Å². The lowest BCUT2D eigenvalue weighted by Crippen LogP contribution is -2.31. The minimum atomic E-state index is 0. The summed E-state index contributed by atoms with van der Waals surface area (Å²) in [7, 11) is 0. The van der Waals surface area contributed by atoms with E-state index in [9.17, 15) is 9.59 Å². The number of likely N-dealkylation sites (tertiary alicyclic amines) is 1. The summed E-state index contributed by atoms with van der Waals surface area (Å²) in [5, 5.41) is 3.04. The molecule has 2 fully saturated rings. The SMILES string of the molecule is Cl.NC1CCC(C(=O)NCc2ccccc2CN2CCCC2=O)C1. The molecule has 1 heterocycles. The Bertz CT molecular complexity index is 593. The molecule has 0 aromatic heterocycles. The first kappa shape index (κ1) is 18.7. The molecule has 1 aromatic rings. The number of carbonyl (C=O) groups is 2. The highest BCUT2D eigenvalue weighted by atomic mass is 35.5. The third kappa shape index (κ3) is 4.48. The molecule has 1 saturated carbocycles. The molecule has 2 unspecified atom stereocenters. The number of benzene rings is 1. The lowest BCUT2D eigenvalue weighted by Gasteiger charge is -2.19. The van der Waals surface area contributed by atoms with Crippen LogP contribution in [-0.4, -0.2) is 29.3 Å². The molecule has 24 heavy (non-hydrogen) atoms. The Labute approximate surface area is 149 Å². The Morgan fingerprint density at radius 2 is 2.00 bits per heavy atom. The third-order valence-corrected chi connectivity index (χ3v) is 4.95. The minimum absolute atomic E-state index is 0. The maximum Gasteiger partial charge on any atom is 0.223 e. The molecule has 3 rings (SSSR count). The Kier molecular flexibility index (Phi) is 6.63. The number of carbonyl (C=O) groups excluding carboxylic acids is 2. The monoisotopic (exact) mass is 351 g/mol. The van der Waals surface area contributed by atoms with Crippen LogP contribution in [0, 0.1) is 5.92 Å². The quantitative estimate of drug-likeness (QED) is 0.851. The molecular formula is C18H26ClN3O2. The topological polar surface area (TPSA) is 75.4 Å². The van der Waals surface area contributed by atoms with Gasteiger partial charge in [0, 0.05) is 38.0 Å². The van der Waals surface area contributed by atoms with Gasteiger partial charge in [-0.25, -0.2) is 0 Å². The Balaban J connectivity index is 0.00000208. The molecule has 1 aliphatic heterocycles. The standard InChI is InChI=1S/C18H25N3O2.ClH/c19-16-8-7-13(10-16)18(23)20-11-14-4-1-2-5-15(14)12-21-9-3-6-17(21)22;/h1-2,4-5,13,16H,3,6-12,19H2,(H,20,23);1H. The van der Waals surface area contributed by atoms with E-state index in [1.807, 2.05) is 29.2 Å². The van der Waals surface area contributed by atoms with Crippen LogP contribution in [0.1, 0.15) is 43.2 Å². The number of nitrogens with two attached hydrogens (primary N) is 1. The smallest absolute Gasteiger partial charge is 0.223 e. The van der Waals surface area contributed by atoms with Crippen LogP contribution in [0.2, 0.25) is 0 Å². The summed E-state index contributed by atoms with van der Waals surface area (Å²) < 4.78 is 0. The van der Waals surface area contributed by atoms with Crippen LogP contribution in [0.15, 0.2) is 24.3 Å². The van der Waals surface area contributed by atoms with Crippen LogP contribution < -0.4 is 11.1 Å². The van der Waals surface area contributed by atoms with Crippen molar-refractivity contribution >= 4 is 24.2 Å². The van der Waals surface area contributed by atoms with E-state index in [2.05, 4.69) is 5.32 Å². The van der Waals surface area contributed by atoms with Gasteiger partial charge in [-0.3, -0.25) is 9.59 Å². The van der Waals surface area contributed by atoms with Crippen LogP contribution in [0.5, 0.6) is 0 Å². The normalized spacial score (nSPS) is 23.2. The molecule has 2 atom stereocenters. The zero-order chi connectivity index (χ0) is 16.2. The number of hydrogen-bond donors (Lipinski definition) is 2. The number of rotatable bonds is 5. The summed E-state index contributed by atoms with van der Waals surface area (Å²) in [6, 6.07) is 8.19. The highest BCUT2D eigenvalue weighted by Crippen LogP contribution is 2.24. The predicted molar refractivity (Wildman–Crippen MR) is 95.5 cm³/mol. The van der Waals surface area contributed by atoms with E-state index in [0.717, 1.165) is 43.4 Å². The summed E-state index contributed by atoms with van der Waals surface area (Å²) in [6.07, 6.45) is 4.21. The molecule has 0 radical (unpaired) electrons. The van der Waals surface area contributed by atoms with Gasteiger partial charge in [0.2, 0.25) is 11.8 Å². The average molecular weight is 352 g/mol. The van der Waals surface area contributed by atoms with Gasteiger partial charge < -0.3 is 16.0 Å². The van der Waals surface area contributed by atoms with E-state index < -0.39 is 0 Å². The van der Waals surface area contributed by atoms with Gasteiger partial charge in [0.1, 0.15) is 0 Å². The summed E-state index contributed by atoms with van der Waals surface area (Å²) in [6.45, 7) is 1.99. The van der Waals surface area contributed by atoms with Crippen LogP contribution in [-0.2, 0) is 22.7 Å². The fourth-order valence-electron chi connectivity index (χ4n) is 3.54. The van der Waals surface area contributed by atoms with Gasteiger partial charge in [-0.05, 0) is 36.8 Å². The number of hydrogen-bond acceptors (Lipinski definition) is 3. The molecular weight excluding hydrogens is 326 g/mol. The van der Waals surface area contributed by atoms with Crippen molar-refractivity contribution in [1.29, 1.82) is 0 Å². The number of nitrogens with zero attached hydrogens (tertiary/aromatic N) is 1. The third-order valence-electron chi connectivity index (χ3n) is 4.95. The van der Waals surface area contributed by atoms with Crippen molar-refractivity contribution in [3.63, 3.8) is 0 Å². The number of halogens is 1. The maximum atomic E-state index is 12.2. The van der Waals surface area contributed by atoms with Crippen LogP contribution in [0.25, 0.3) is 0 Å². The molecule has 2 amide bonds. The highest BCUT2D eigenvalue weighted by molar-refractivity contribution is 5.85. The molecule has 0 spiro atoms. The fraction of sp³-hybridized carbons (Fsp3) is 0.556. The van der Waals surface area contributed by atoms with Gasteiger partial charge in [-0.2, -0.15) is 0 Å². The molecule has 2 aliphatic rings. The fourth-order valence-corrected chi connectivity index (χ4v) is 3.54. The van der Waals surface area contributed by atoms with Crippen molar-refractivity contribution in [2.45, 2.75) is 51.2 Å². The summed E-state index contributed by atoms with van der Waals surface area (Å²) >= 11 is 0. The second-order valence-corrected chi connectivity index (χ2v) is 6.68. The first-order valence-corrected chi connectivity index (χ1v) is 8.51. The summed E-state index contributed by atoms with van der Waals surface area (Å²) in [5.41, 5.74) is 8.08. The van der Waals surface area contributed by atoms with Crippen molar-refractivity contribution in [1.82, 2.24) is 10.2 Å². The molecule has 0 bridgehead atoms. The molecule has 1 saturated heterocycles. The summed E-state index contributed by atoms with van der Waals surface area (Å²) in [4.78, 5) is 25.9. The number of amides is 2. The average Bonchev–Trinajstić information content (AvgIpc) is 3.15. The van der Waals surface area contributed by atoms with Gasteiger partial charge >= 0.3 is 0 Å². The van der Waals surface area contributed by atoms with Crippen molar-refractivity contribution in [3.05, 3.63) is 35.4 Å². The van der Waals surface area contributed by atoms with Crippen molar-refractivity contribution in [2.75, 3.05) is 6.54 Å². The molecule has 3 N–H and O–H groups in total. The van der Waals surface area contributed by atoms with E-state index >= 15 is 0 Å². The van der Waals surface area contributed by atoms with Crippen LogP contribution >= 0.6 is 12.4 Å². The molecule has 5 nitrogen and oxygen atoms in total. The lowest BCUT2D eigenvalue weighted by atomic mass is 10.0. The van der Waals surface area contributed by atoms with Gasteiger partial charge in [0.05, 0.1) is 0 Å². The van der Waals surface area contributed by atoms with E-state index in [-0.39, 0.29) is 36.2 Å². The van der Waals surface area contributed by atoms with Crippen molar-refractivity contribution < 1.29 is 9.59 Å². The molecule has 1 aromatic carbocycles. The summed E-state index contributed by atoms with van der Waals surface area (Å²) in [5.74, 6) is 0.381. The Hall–Kier alpha value is -1.59. The molecule has 1 aliphatic carbocycles. The van der Waals surface area contributed by atoms with Gasteiger partial charge in [-0.1, -0.05) is 24.3 Å². The number of nitrogens with one attached hydrogen (secondary N) is 1. The second kappa shape index (κ2) is 8.49. The van der Waals surface area contributed by atoms with Gasteiger partial charge in [-0.15, -0.1) is 12.4 Å². The van der Waals surface area contributed by atoms with Gasteiger partial charge in [0.25, 0.3) is 0 Å². The van der Waals surface area contributed by atoms with E-state index in [1.54, 1.807) is 0 Å². The molecule has 132 valence electrons. The van der Waals surface area contributed by atoms with Gasteiger partial charge in [0.15, 0.2) is 0 Å². The van der Waals surface area contributed by atoms with E-state index in [1.165, 1.54) is 0 Å². The zero-order valence-corrected chi connectivity index (χ0v) is 14.7. The van der Waals surface area contributed by atoms with E-state index in [0.29, 0.717) is 19.5 Å². The predicted octanol–water partition coefficient (Wildman–Crippen LogP) is 1.97. The lowest BCUT2D eigenvalue weighted by molar-refractivity contribution is -0.128.